The summed E-state index contributed by atoms with van der Waals surface area (Å²) < 4.78 is 1.42. The maximum absolute atomic E-state index is 12.7. The molecule has 4 heteroatoms. The summed E-state index contributed by atoms with van der Waals surface area (Å²) in [6, 6.07) is 13.1. The predicted molar refractivity (Wildman–Crippen MR) is 83.1 cm³/mol. The molecule has 21 heavy (non-hydrogen) atoms. The van der Waals surface area contributed by atoms with Crippen LogP contribution in [0.5, 0.6) is 0 Å². The molecule has 0 aliphatic carbocycles. The van der Waals surface area contributed by atoms with Crippen LogP contribution in [0.25, 0.3) is 0 Å². The molecule has 0 aliphatic heterocycles. The average Bonchev–Trinajstić information content (AvgIpc) is 2.48. The van der Waals surface area contributed by atoms with Gasteiger partial charge in [-0.05, 0) is 31.5 Å². The van der Waals surface area contributed by atoms with Gasteiger partial charge in [0.05, 0.1) is 0 Å². The number of aromatic nitrogens is 1. The quantitative estimate of drug-likeness (QED) is 0.865. The number of benzene rings is 1. The average molecular weight is 284 g/mol. The number of carbonyl (C=O) groups is 1. The minimum Gasteiger partial charge on any atom is -0.332 e. The van der Waals surface area contributed by atoms with Crippen LogP contribution in [0.1, 0.15) is 29.8 Å². The van der Waals surface area contributed by atoms with Crippen LogP contribution < -0.4 is 5.56 Å². The second kappa shape index (κ2) is 6.39. The van der Waals surface area contributed by atoms with Crippen LogP contribution in [0.3, 0.4) is 0 Å². The molecule has 1 aromatic heterocycles. The molecule has 0 saturated carbocycles. The van der Waals surface area contributed by atoms with E-state index in [4.69, 9.17) is 0 Å². The number of amides is 1. The molecule has 0 bridgehead atoms. The Morgan fingerprint density at radius 1 is 1.14 bits per heavy atom. The SMILES string of the molecule is CC(C)N(Cc1ccccc1)C(=O)c1cccn(C)c1=O. The highest BCUT2D eigenvalue weighted by Crippen LogP contribution is 2.11. The summed E-state index contributed by atoms with van der Waals surface area (Å²) in [5, 5.41) is 0. The lowest BCUT2D eigenvalue weighted by molar-refractivity contribution is 0.0688. The number of pyridine rings is 1. The van der Waals surface area contributed by atoms with Gasteiger partial charge < -0.3 is 9.47 Å². The van der Waals surface area contributed by atoms with Gasteiger partial charge in [0, 0.05) is 25.8 Å². The predicted octanol–water partition coefficient (Wildman–Crippen LogP) is 2.44. The van der Waals surface area contributed by atoms with Crippen molar-refractivity contribution in [3.8, 4) is 0 Å². The molecule has 0 atom stereocenters. The molecule has 4 nitrogen and oxygen atoms in total. The van der Waals surface area contributed by atoms with Crippen molar-refractivity contribution < 1.29 is 4.79 Å². The first-order chi connectivity index (χ1) is 10.0. The van der Waals surface area contributed by atoms with E-state index in [1.165, 1.54) is 4.57 Å². The second-order valence-corrected chi connectivity index (χ2v) is 5.35. The fraction of sp³-hybridized carbons (Fsp3) is 0.294. The molecule has 1 heterocycles. The molecule has 1 aromatic carbocycles. The molecule has 2 aromatic rings. The Kier molecular flexibility index (Phi) is 4.58. The van der Waals surface area contributed by atoms with Gasteiger partial charge in [0.2, 0.25) is 0 Å². The lowest BCUT2D eigenvalue weighted by Gasteiger charge is -2.27. The van der Waals surface area contributed by atoms with Crippen LogP contribution in [-0.4, -0.2) is 21.4 Å². The van der Waals surface area contributed by atoms with E-state index in [0.29, 0.717) is 6.54 Å². The third-order valence-corrected chi connectivity index (χ3v) is 3.43. The molecule has 0 fully saturated rings. The number of carbonyl (C=O) groups excluding carboxylic acids is 1. The molecule has 0 saturated heterocycles. The van der Waals surface area contributed by atoms with Crippen molar-refractivity contribution in [3.63, 3.8) is 0 Å². The number of hydrogen-bond acceptors (Lipinski definition) is 2. The Morgan fingerprint density at radius 3 is 2.43 bits per heavy atom. The fourth-order valence-corrected chi connectivity index (χ4v) is 2.18. The third-order valence-electron chi connectivity index (χ3n) is 3.43. The largest absolute Gasteiger partial charge is 0.332 e. The summed E-state index contributed by atoms with van der Waals surface area (Å²) in [4.78, 5) is 26.5. The highest BCUT2D eigenvalue weighted by atomic mass is 16.2. The first kappa shape index (κ1) is 15.0. The standard InChI is InChI=1S/C17H20N2O2/c1-13(2)19(12-14-8-5-4-6-9-14)17(21)15-10-7-11-18(3)16(15)20/h4-11,13H,12H2,1-3H3. The monoisotopic (exact) mass is 284 g/mol. The molecule has 1 amide bonds. The van der Waals surface area contributed by atoms with E-state index in [2.05, 4.69) is 0 Å². The van der Waals surface area contributed by atoms with Crippen LogP contribution >= 0.6 is 0 Å². The van der Waals surface area contributed by atoms with Gasteiger partial charge >= 0.3 is 0 Å². The zero-order chi connectivity index (χ0) is 15.4. The van der Waals surface area contributed by atoms with E-state index in [-0.39, 0.29) is 23.1 Å². The minimum atomic E-state index is -0.263. The fourth-order valence-electron chi connectivity index (χ4n) is 2.18. The molecular formula is C17H20N2O2. The maximum Gasteiger partial charge on any atom is 0.263 e. The highest BCUT2D eigenvalue weighted by molar-refractivity contribution is 5.94. The van der Waals surface area contributed by atoms with Gasteiger partial charge in [-0.2, -0.15) is 0 Å². The maximum atomic E-state index is 12.7. The van der Waals surface area contributed by atoms with E-state index in [0.717, 1.165) is 5.56 Å². The van der Waals surface area contributed by atoms with Gasteiger partial charge in [-0.3, -0.25) is 9.59 Å². The van der Waals surface area contributed by atoms with Crippen LogP contribution in [0, 0.1) is 0 Å². The van der Waals surface area contributed by atoms with Gasteiger partial charge in [-0.25, -0.2) is 0 Å². The van der Waals surface area contributed by atoms with Crippen molar-refractivity contribution in [1.29, 1.82) is 0 Å². The van der Waals surface area contributed by atoms with E-state index in [1.54, 1.807) is 30.3 Å². The van der Waals surface area contributed by atoms with Crippen LogP contribution in [0.15, 0.2) is 53.5 Å². The van der Waals surface area contributed by atoms with Gasteiger partial charge in [0.25, 0.3) is 11.5 Å². The lowest BCUT2D eigenvalue weighted by Crippen LogP contribution is -2.39. The van der Waals surface area contributed by atoms with Crippen molar-refractivity contribution in [3.05, 3.63) is 70.1 Å². The van der Waals surface area contributed by atoms with Crippen molar-refractivity contribution in [1.82, 2.24) is 9.47 Å². The van der Waals surface area contributed by atoms with Gasteiger partial charge in [0.1, 0.15) is 5.56 Å². The van der Waals surface area contributed by atoms with E-state index in [9.17, 15) is 9.59 Å². The van der Waals surface area contributed by atoms with Gasteiger partial charge in [-0.15, -0.1) is 0 Å². The lowest BCUT2D eigenvalue weighted by atomic mass is 10.1. The number of nitrogens with zero attached hydrogens (tertiary/aromatic N) is 2. The zero-order valence-electron chi connectivity index (χ0n) is 12.6. The van der Waals surface area contributed by atoms with Crippen molar-refractivity contribution >= 4 is 5.91 Å². The summed E-state index contributed by atoms with van der Waals surface area (Å²) in [6.07, 6.45) is 1.65. The van der Waals surface area contributed by atoms with Crippen molar-refractivity contribution in [2.24, 2.45) is 7.05 Å². The summed E-state index contributed by atoms with van der Waals surface area (Å²) in [5.41, 5.74) is 0.998. The molecule has 0 unspecified atom stereocenters. The summed E-state index contributed by atoms with van der Waals surface area (Å²) in [6.45, 7) is 4.40. The molecule has 0 N–H and O–H groups in total. The highest BCUT2D eigenvalue weighted by Gasteiger charge is 2.21. The van der Waals surface area contributed by atoms with Crippen molar-refractivity contribution in [2.75, 3.05) is 0 Å². The topological polar surface area (TPSA) is 42.3 Å². The normalized spacial score (nSPS) is 10.7. The number of rotatable bonds is 4. The third kappa shape index (κ3) is 3.40. The molecule has 0 radical (unpaired) electrons. The Balaban J connectivity index is 2.32. The van der Waals surface area contributed by atoms with Gasteiger partial charge in [-0.1, -0.05) is 30.3 Å². The summed E-state index contributed by atoms with van der Waals surface area (Å²) in [5.74, 6) is -0.227. The number of aryl methyl sites for hydroxylation is 1. The Labute approximate surface area is 124 Å². The molecule has 0 spiro atoms. The first-order valence-corrected chi connectivity index (χ1v) is 7.01. The minimum absolute atomic E-state index is 0.0163. The Bertz CT molecular complexity index is 675. The van der Waals surface area contributed by atoms with Crippen LogP contribution in [-0.2, 0) is 13.6 Å². The Hall–Kier alpha value is -2.36. The van der Waals surface area contributed by atoms with E-state index in [1.807, 2.05) is 44.2 Å². The molecular weight excluding hydrogens is 264 g/mol. The summed E-state index contributed by atoms with van der Waals surface area (Å²) in [7, 11) is 1.65. The second-order valence-electron chi connectivity index (χ2n) is 5.35. The van der Waals surface area contributed by atoms with E-state index >= 15 is 0 Å². The van der Waals surface area contributed by atoms with E-state index < -0.39 is 0 Å². The van der Waals surface area contributed by atoms with Crippen LogP contribution in [0.4, 0.5) is 0 Å². The first-order valence-electron chi connectivity index (χ1n) is 7.01. The van der Waals surface area contributed by atoms with Crippen LogP contribution in [0.2, 0.25) is 0 Å². The van der Waals surface area contributed by atoms with Gasteiger partial charge in [0.15, 0.2) is 0 Å². The Morgan fingerprint density at radius 2 is 1.81 bits per heavy atom. The zero-order valence-corrected chi connectivity index (χ0v) is 12.6. The molecule has 2 rings (SSSR count). The summed E-state index contributed by atoms with van der Waals surface area (Å²) >= 11 is 0. The smallest absolute Gasteiger partial charge is 0.263 e. The molecule has 110 valence electrons. The van der Waals surface area contributed by atoms with Crippen molar-refractivity contribution in [2.45, 2.75) is 26.4 Å². The number of hydrogen-bond donors (Lipinski definition) is 0. The molecule has 0 aliphatic rings.